The third-order valence-electron chi connectivity index (χ3n) is 4.68. The maximum Gasteiger partial charge on any atom is 0.325 e. The number of carbonyl (C=O) groups is 2. The zero-order valence-electron chi connectivity index (χ0n) is 14.9. The molecule has 138 valence electrons. The van der Waals surface area contributed by atoms with Crippen molar-refractivity contribution < 1.29 is 9.59 Å². The lowest BCUT2D eigenvalue weighted by molar-refractivity contribution is -0.131. The Morgan fingerprint density at radius 1 is 1.14 bits per heavy atom. The number of nitrogens with zero attached hydrogens (tertiary/aromatic N) is 6. The number of nitriles is 1. The van der Waals surface area contributed by atoms with Crippen molar-refractivity contribution in [1.29, 1.82) is 5.26 Å². The van der Waals surface area contributed by atoms with Crippen LogP contribution in [-0.2, 0) is 16.9 Å². The first-order chi connectivity index (χ1) is 13.5. The molecule has 1 aliphatic rings. The van der Waals surface area contributed by atoms with Crippen molar-refractivity contribution in [2.24, 2.45) is 0 Å². The van der Waals surface area contributed by atoms with Crippen LogP contribution >= 0.6 is 0 Å². The maximum atomic E-state index is 13.1. The molecule has 0 bridgehead atoms. The summed E-state index contributed by atoms with van der Waals surface area (Å²) in [6.45, 7) is 1.53. The summed E-state index contributed by atoms with van der Waals surface area (Å²) in [5, 5.41) is 23.4. The van der Waals surface area contributed by atoms with Gasteiger partial charge in [0.25, 0.3) is 5.91 Å². The van der Waals surface area contributed by atoms with Crippen molar-refractivity contribution in [3.05, 3.63) is 71.5 Å². The van der Waals surface area contributed by atoms with E-state index >= 15 is 0 Å². The van der Waals surface area contributed by atoms with Crippen molar-refractivity contribution in [1.82, 2.24) is 30.4 Å². The fourth-order valence-corrected chi connectivity index (χ4v) is 3.15. The van der Waals surface area contributed by atoms with Crippen LogP contribution in [0.15, 0.2) is 54.6 Å². The zero-order valence-corrected chi connectivity index (χ0v) is 14.9. The highest BCUT2D eigenvalue weighted by Crippen LogP contribution is 2.30. The van der Waals surface area contributed by atoms with E-state index in [1.165, 1.54) is 4.68 Å². The van der Waals surface area contributed by atoms with Gasteiger partial charge in [0.15, 0.2) is 5.82 Å². The Labute approximate surface area is 160 Å². The number of imide groups is 1. The lowest BCUT2D eigenvalue weighted by Crippen LogP contribution is -2.41. The molecule has 1 aromatic heterocycles. The predicted molar refractivity (Wildman–Crippen MR) is 96.7 cm³/mol. The minimum atomic E-state index is -1.27. The van der Waals surface area contributed by atoms with Crippen LogP contribution in [0.2, 0.25) is 0 Å². The van der Waals surface area contributed by atoms with Crippen LogP contribution in [0.3, 0.4) is 0 Å². The number of hydrogen-bond donors (Lipinski definition) is 1. The van der Waals surface area contributed by atoms with Gasteiger partial charge >= 0.3 is 6.03 Å². The van der Waals surface area contributed by atoms with Crippen molar-refractivity contribution in [2.75, 3.05) is 0 Å². The van der Waals surface area contributed by atoms with Gasteiger partial charge in [0.2, 0.25) is 0 Å². The molecular formula is C19H15N7O2. The quantitative estimate of drug-likeness (QED) is 0.693. The van der Waals surface area contributed by atoms with Crippen LogP contribution < -0.4 is 5.32 Å². The van der Waals surface area contributed by atoms with E-state index in [0.29, 0.717) is 17.0 Å². The van der Waals surface area contributed by atoms with Gasteiger partial charge in [-0.05, 0) is 47.2 Å². The molecule has 0 spiro atoms. The van der Waals surface area contributed by atoms with E-state index in [1.807, 2.05) is 36.4 Å². The molecule has 9 heteroatoms. The molecule has 0 aliphatic carbocycles. The van der Waals surface area contributed by atoms with Crippen molar-refractivity contribution in [3.8, 4) is 11.8 Å². The van der Waals surface area contributed by atoms with Gasteiger partial charge in [-0.2, -0.15) is 9.94 Å². The van der Waals surface area contributed by atoms with Crippen LogP contribution in [0.5, 0.6) is 0 Å². The number of rotatable bonds is 4. The van der Waals surface area contributed by atoms with Gasteiger partial charge in [-0.3, -0.25) is 9.69 Å². The number of benzene rings is 2. The molecule has 28 heavy (non-hydrogen) atoms. The number of urea groups is 1. The van der Waals surface area contributed by atoms with Crippen LogP contribution in [0.4, 0.5) is 4.79 Å². The highest BCUT2D eigenvalue weighted by molar-refractivity contribution is 6.07. The lowest BCUT2D eigenvalue weighted by Gasteiger charge is -2.22. The Balaban J connectivity index is 1.64. The standard InChI is InChI=1S/C19H15N7O2/c1-19(14-7-5-6-13(10-14)11-20)17(27)25(18(28)21-19)12-16-22-23-24-26(16)15-8-3-2-4-9-15/h2-10H,12H2,1H3,(H,21,28)/t19-/m0/s1. The summed E-state index contributed by atoms with van der Waals surface area (Å²) in [6, 6.07) is 17.3. The van der Waals surface area contributed by atoms with Gasteiger partial charge in [0, 0.05) is 0 Å². The normalized spacial score (nSPS) is 18.8. The number of hydrogen-bond acceptors (Lipinski definition) is 6. The monoisotopic (exact) mass is 373 g/mol. The van der Waals surface area contributed by atoms with Crippen LogP contribution in [-0.4, -0.2) is 37.0 Å². The Hall–Kier alpha value is -4.06. The van der Waals surface area contributed by atoms with Crippen LogP contribution in [0, 0.1) is 11.3 Å². The minimum Gasteiger partial charge on any atom is -0.319 e. The van der Waals surface area contributed by atoms with Crippen molar-refractivity contribution in [3.63, 3.8) is 0 Å². The highest BCUT2D eigenvalue weighted by atomic mass is 16.2. The van der Waals surface area contributed by atoms with Gasteiger partial charge in [0.05, 0.1) is 23.9 Å². The molecule has 0 saturated carbocycles. The summed E-state index contributed by atoms with van der Waals surface area (Å²) >= 11 is 0. The van der Waals surface area contributed by atoms with E-state index in [1.54, 1.807) is 31.2 Å². The van der Waals surface area contributed by atoms with Crippen LogP contribution in [0.1, 0.15) is 23.9 Å². The average molecular weight is 373 g/mol. The van der Waals surface area contributed by atoms with Gasteiger partial charge < -0.3 is 5.32 Å². The minimum absolute atomic E-state index is 0.0832. The molecule has 1 aliphatic heterocycles. The number of amides is 3. The third-order valence-corrected chi connectivity index (χ3v) is 4.68. The second-order valence-corrected chi connectivity index (χ2v) is 6.48. The smallest absolute Gasteiger partial charge is 0.319 e. The molecule has 4 rings (SSSR count). The summed E-state index contributed by atoms with van der Waals surface area (Å²) in [5.74, 6) is -0.0834. The second-order valence-electron chi connectivity index (χ2n) is 6.48. The number of para-hydroxylation sites is 1. The van der Waals surface area contributed by atoms with E-state index in [0.717, 1.165) is 10.6 Å². The largest absolute Gasteiger partial charge is 0.325 e. The molecule has 1 N–H and O–H groups in total. The Morgan fingerprint density at radius 2 is 1.93 bits per heavy atom. The summed E-state index contributed by atoms with van der Waals surface area (Å²) in [6.07, 6.45) is 0. The molecule has 1 fully saturated rings. The molecule has 2 aromatic carbocycles. The van der Waals surface area contributed by atoms with Gasteiger partial charge in [-0.1, -0.05) is 30.3 Å². The lowest BCUT2D eigenvalue weighted by atomic mass is 9.91. The number of aromatic nitrogens is 4. The summed E-state index contributed by atoms with van der Waals surface area (Å²) in [7, 11) is 0. The molecule has 3 amide bonds. The molecule has 1 atom stereocenters. The SMILES string of the molecule is C[C@@]1(c2cccc(C#N)c2)NC(=O)N(Cc2nnnn2-c2ccccc2)C1=O. The fourth-order valence-electron chi connectivity index (χ4n) is 3.15. The molecule has 0 unspecified atom stereocenters. The van der Waals surface area contributed by atoms with Crippen LogP contribution in [0.25, 0.3) is 5.69 Å². The first kappa shape index (κ1) is 17.4. The summed E-state index contributed by atoms with van der Waals surface area (Å²) in [5.41, 5.74) is 0.399. The second kappa shape index (κ2) is 6.59. The average Bonchev–Trinajstić information content (AvgIpc) is 3.28. The van der Waals surface area contributed by atoms with Gasteiger partial charge in [0.1, 0.15) is 5.54 Å². The zero-order chi connectivity index (χ0) is 19.7. The highest BCUT2D eigenvalue weighted by Gasteiger charge is 2.49. The number of tetrazole rings is 1. The van der Waals surface area contributed by atoms with Crippen molar-refractivity contribution in [2.45, 2.75) is 19.0 Å². The van der Waals surface area contributed by atoms with Gasteiger partial charge in [-0.15, -0.1) is 5.10 Å². The Morgan fingerprint density at radius 3 is 2.68 bits per heavy atom. The Kier molecular flexibility index (Phi) is 4.08. The number of nitrogens with one attached hydrogen (secondary N) is 1. The van der Waals surface area contributed by atoms with E-state index in [-0.39, 0.29) is 6.54 Å². The topological polar surface area (TPSA) is 117 Å². The first-order valence-electron chi connectivity index (χ1n) is 8.50. The molecule has 9 nitrogen and oxygen atoms in total. The first-order valence-corrected chi connectivity index (χ1v) is 8.50. The summed E-state index contributed by atoms with van der Waals surface area (Å²) < 4.78 is 1.48. The van der Waals surface area contributed by atoms with E-state index in [9.17, 15) is 9.59 Å². The third kappa shape index (κ3) is 2.77. The van der Waals surface area contributed by atoms with E-state index in [2.05, 4.69) is 20.8 Å². The molecular weight excluding hydrogens is 358 g/mol. The van der Waals surface area contributed by atoms with E-state index in [4.69, 9.17) is 5.26 Å². The summed E-state index contributed by atoms with van der Waals surface area (Å²) in [4.78, 5) is 26.7. The molecule has 1 saturated heterocycles. The maximum absolute atomic E-state index is 13.1. The molecule has 0 radical (unpaired) electrons. The molecule has 3 aromatic rings. The van der Waals surface area contributed by atoms with E-state index < -0.39 is 17.5 Å². The fraction of sp³-hybridized carbons (Fsp3) is 0.158. The Bertz CT molecular complexity index is 1100. The predicted octanol–water partition coefficient (Wildman–Crippen LogP) is 1.50. The molecule has 2 heterocycles. The number of carbonyl (C=O) groups excluding carboxylic acids is 2. The van der Waals surface area contributed by atoms with Crippen molar-refractivity contribution >= 4 is 11.9 Å². The van der Waals surface area contributed by atoms with Gasteiger partial charge in [-0.25, -0.2) is 4.79 Å².